The minimum absolute atomic E-state index is 0.00766. The van der Waals surface area contributed by atoms with E-state index in [0.717, 1.165) is 0 Å². The molecule has 1 saturated carbocycles. The summed E-state index contributed by atoms with van der Waals surface area (Å²) in [5, 5.41) is 22.6. The number of nitrogens with zero attached hydrogens (tertiary/aromatic N) is 3. The average molecular weight is 581 g/mol. The van der Waals surface area contributed by atoms with Crippen molar-refractivity contribution in [3.8, 4) is 16.9 Å². The minimum atomic E-state index is -0.902. The van der Waals surface area contributed by atoms with E-state index in [1.54, 1.807) is 24.3 Å². The Morgan fingerprint density at radius 2 is 1.71 bits per heavy atom. The third-order valence-corrected chi connectivity index (χ3v) is 7.20. The van der Waals surface area contributed by atoms with Gasteiger partial charge in [0.05, 0.1) is 22.4 Å². The van der Waals surface area contributed by atoms with Crippen LogP contribution in [0, 0.1) is 11.6 Å². The lowest BCUT2D eigenvalue weighted by molar-refractivity contribution is 0.0862. The van der Waals surface area contributed by atoms with Gasteiger partial charge in [0, 0.05) is 30.8 Å². The van der Waals surface area contributed by atoms with Gasteiger partial charge in [0.15, 0.2) is 23.1 Å². The number of aliphatic hydroxyl groups excluding tert-OH is 1. The number of aliphatic hydroxyl groups is 1. The molecule has 5 rings (SSSR count). The second-order valence-electron chi connectivity index (χ2n) is 9.69. The van der Waals surface area contributed by atoms with Crippen LogP contribution in [0.1, 0.15) is 46.5 Å². The smallest absolute Gasteiger partial charge is 0.272 e. The Morgan fingerprint density at radius 3 is 2.41 bits per heavy atom. The van der Waals surface area contributed by atoms with E-state index in [9.17, 15) is 23.5 Å². The van der Waals surface area contributed by atoms with Crippen LogP contribution in [0.15, 0.2) is 60.7 Å². The lowest BCUT2D eigenvalue weighted by Crippen LogP contribution is -2.38. The van der Waals surface area contributed by atoms with Crippen molar-refractivity contribution in [2.45, 2.75) is 37.8 Å². The molecule has 0 saturated heterocycles. The zero-order chi connectivity index (χ0) is 29.1. The summed E-state index contributed by atoms with van der Waals surface area (Å²) in [4.78, 5) is 30.5. The molecule has 1 aliphatic carbocycles. The maximum absolute atomic E-state index is 14.6. The van der Waals surface area contributed by atoms with Crippen LogP contribution in [-0.2, 0) is 0 Å². The maximum Gasteiger partial charge on any atom is 0.272 e. The molecule has 2 amide bonds. The van der Waals surface area contributed by atoms with Crippen LogP contribution >= 0.6 is 11.6 Å². The number of nitrogens with one attached hydrogen (secondary N) is 3. The Morgan fingerprint density at radius 1 is 0.976 bits per heavy atom. The zero-order valence-electron chi connectivity index (χ0n) is 22.0. The van der Waals surface area contributed by atoms with Crippen molar-refractivity contribution in [1.82, 2.24) is 20.1 Å². The number of para-hydroxylation sites is 1. The second-order valence-corrected chi connectivity index (χ2v) is 10.1. The predicted molar refractivity (Wildman–Crippen MR) is 151 cm³/mol. The predicted octanol–water partition coefficient (Wildman–Crippen LogP) is 5.19. The first-order valence-corrected chi connectivity index (χ1v) is 13.4. The van der Waals surface area contributed by atoms with Gasteiger partial charge in [-0.05, 0) is 49.9 Å². The van der Waals surface area contributed by atoms with Crippen molar-refractivity contribution in [1.29, 1.82) is 0 Å². The number of anilines is 2. The van der Waals surface area contributed by atoms with Gasteiger partial charge in [-0.2, -0.15) is 5.10 Å². The molecule has 0 unspecified atom stereocenters. The molecule has 1 fully saturated rings. The molecule has 4 aromatic rings. The summed E-state index contributed by atoms with van der Waals surface area (Å²) in [5.41, 5.74) is 0.744. The molecule has 0 radical (unpaired) electrons. The molecule has 4 N–H and O–H groups in total. The van der Waals surface area contributed by atoms with E-state index in [1.807, 2.05) is 6.07 Å². The number of carbonyl (C=O) groups is 2. The number of rotatable bonds is 7. The van der Waals surface area contributed by atoms with Gasteiger partial charge >= 0.3 is 0 Å². The maximum atomic E-state index is 14.6. The monoisotopic (exact) mass is 580 g/mol. The molecule has 2 aromatic carbocycles. The van der Waals surface area contributed by atoms with Crippen molar-refractivity contribution in [2.75, 3.05) is 17.7 Å². The molecule has 2 heterocycles. The summed E-state index contributed by atoms with van der Waals surface area (Å²) >= 11 is 6.35. The highest BCUT2D eigenvalue weighted by Gasteiger charge is 2.24. The first kappa shape index (κ1) is 28.2. The van der Waals surface area contributed by atoms with E-state index in [0.29, 0.717) is 37.4 Å². The third kappa shape index (κ3) is 6.21. The summed E-state index contributed by atoms with van der Waals surface area (Å²) in [7, 11) is 1.46. The molecule has 41 heavy (non-hydrogen) atoms. The van der Waals surface area contributed by atoms with Gasteiger partial charge in [0.25, 0.3) is 11.8 Å². The van der Waals surface area contributed by atoms with E-state index in [2.05, 4.69) is 26.0 Å². The van der Waals surface area contributed by atoms with Crippen LogP contribution in [0.5, 0.6) is 0 Å². The highest BCUT2D eigenvalue weighted by atomic mass is 35.5. The summed E-state index contributed by atoms with van der Waals surface area (Å²) in [6.07, 6.45) is 2.18. The van der Waals surface area contributed by atoms with Gasteiger partial charge < -0.3 is 21.1 Å². The van der Waals surface area contributed by atoms with Crippen molar-refractivity contribution < 1.29 is 23.5 Å². The molecule has 9 nitrogen and oxygen atoms in total. The molecule has 0 aliphatic heterocycles. The van der Waals surface area contributed by atoms with E-state index in [4.69, 9.17) is 11.6 Å². The van der Waals surface area contributed by atoms with Crippen molar-refractivity contribution >= 4 is 35.1 Å². The molecular weight excluding hydrogens is 554 g/mol. The van der Waals surface area contributed by atoms with E-state index >= 15 is 0 Å². The highest BCUT2D eigenvalue weighted by Crippen LogP contribution is 2.29. The van der Waals surface area contributed by atoms with Gasteiger partial charge in [-0.15, -0.1) is 0 Å². The van der Waals surface area contributed by atoms with E-state index in [1.165, 1.54) is 36.0 Å². The number of hydrogen-bond donors (Lipinski definition) is 4. The summed E-state index contributed by atoms with van der Waals surface area (Å²) < 4.78 is 30.0. The van der Waals surface area contributed by atoms with Crippen LogP contribution in [-0.4, -0.2) is 50.9 Å². The number of benzene rings is 2. The van der Waals surface area contributed by atoms with Crippen molar-refractivity contribution in [3.05, 3.63) is 88.6 Å². The van der Waals surface area contributed by atoms with Gasteiger partial charge in [0.1, 0.15) is 11.5 Å². The third-order valence-electron chi connectivity index (χ3n) is 6.87. The average Bonchev–Trinajstić information content (AvgIpc) is 3.39. The van der Waals surface area contributed by atoms with Gasteiger partial charge in [-0.1, -0.05) is 35.9 Å². The number of aromatic nitrogens is 3. The Balaban J connectivity index is 1.45. The molecule has 0 bridgehead atoms. The van der Waals surface area contributed by atoms with Crippen LogP contribution < -0.4 is 16.0 Å². The number of pyridine rings is 1. The first-order valence-electron chi connectivity index (χ1n) is 13.0. The number of hydrogen-bond acceptors (Lipinski definition) is 6. The topological polar surface area (TPSA) is 121 Å². The van der Waals surface area contributed by atoms with Crippen LogP contribution in [0.3, 0.4) is 0 Å². The quantitative estimate of drug-likeness (QED) is 0.239. The molecule has 0 spiro atoms. The van der Waals surface area contributed by atoms with Gasteiger partial charge in [-0.3, -0.25) is 9.59 Å². The Bertz CT molecular complexity index is 1590. The lowest BCUT2D eigenvalue weighted by Gasteiger charge is -2.25. The fourth-order valence-electron chi connectivity index (χ4n) is 4.70. The normalized spacial score (nSPS) is 16.7. The van der Waals surface area contributed by atoms with E-state index in [-0.39, 0.29) is 51.3 Å². The number of halogens is 3. The number of amides is 2. The summed E-state index contributed by atoms with van der Waals surface area (Å²) in [5.74, 6) is -2.75. The fraction of sp³-hybridized carbons (Fsp3) is 0.241. The molecule has 12 heteroatoms. The highest BCUT2D eigenvalue weighted by molar-refractivity contribution is 6.34. The number of carbonyl (C=O) groups excluding carboxylic acids is 2. The van der Waals surface area contributed by atoms with Gasteiger partial charge in [0.2, 0.25) is 0 Å². The molecule has 2 aromatic heterocycles. The van der Waals surface area contributed by atoms with Crippen molar-refractivity contribution in [3.63, 3.8) is 0 Å². The molecule has 0 atom stereocenters. The first-order chi connectivity index (χ1) is 19.7. The van der Waals surface area contributed by atoms with Crippen molar-refractivity contribution in [2.24, 2.45) is 0 Å². The zero-order valence-corrected chi connectivity index (χ0v) is 22.8. The standard InChI is InChI=1S/C29H27ClF2N6O3/c1-33-27-23(32)14-22(31)26(36-27)16-7-12-21(30)20(13-16)28(40)35-25-15-24(37-38(25)18-5-3-2-4-6-18)29(41)34-17-8-10-19(39)11-9-17/h2-7,12-15,17,19,39H,8-11H2,1H3,(H,33,36)(H,34,41)(H,35,40). The molecular formula is C29H27ClF2N6O3. The Hall–Kier alpha value is -4.35. The van der Waals surface area contributed by atoms with Crippen LogP contribution in [0.25, 0.3) is 16.9 Å². The largest absolute Gasteiger partial charge is 0.393 e. The minimum Gasteiger partial charge on any atom is -0.393 e. The lowest BCUT2D eigenvalue weighted by atomic mass is 9.93. The second kappa shape index (κ2) is 12.0. The van der Waals surface area contributed by atoms with Crippen LogP contribution in [0.4, 0.5) is 20.4 Å². The van der Waals surface area contributed by atoms with Gasteiger partial charge in [-0.25, -0.2) is 18.4 Å². The fourth-order valence-corrected chi connectivity index (χ4v) is 4.90. The molecule has 212 valence electrons. The Kier molecular flexibility index (Phi) is 8.27. The summed E-state index contributed by atoms with van der Waals surface area (Å²) in [6, 6.07) is 15.3. The Labute approximate surface area is 239 Å². The van der Waals surface area contributed by atoms with Crippen LogP contribution in [0.2, 0.25) is 5.02 Å². The SMILES string of the molecule is CNc1nc(-c2ccc(Cl)c(C(=O)Nc3cc(C(=O)NC4CCC(O)CC4)nn3-c3ccccc3)c2)c(F)cc1F. The summed E-state index contributed by atoms with van der Waals surface area (Å²) in [6.45, 7) is 0. The molecule has 1 aliphatic rings. The van der Waals surface area contributed by atoms with E-state index < -0.39 is 23.4 Å².